The van der Waals surface area contributed by atoms with Crippen molar-refractivity contribution in [1.29, 1.82) is 0 Å². The second-order valence-electron chi connectivity index (χ2n) is 6.92. The lowest BCUT2D eigenvalue weighted by molar-refractivity contribution is 0.141. The lowest BCUT2D eigenvalue weighted by atomic mass is 10.0. The van der Waals surface area contributed by atoms with Gasteiger partial charge in [0.25, 0.3) is 0 Å². The molecule has 0 amide bonds. The first-order chi connectivity index (χ1) is 12.7. The smallest absolute Gasteiger partial charge is 0.127 e. The van der Waals surface area contributed by atoms with Crippen LogP contribution in [0.5, 0.6) is 11.5 Å². The van der Waals surface area contributed by atoms with Crippen LogP contribution in [-0.2, 0) is 6.42 Å². The molecule has 0 saturated carbocycles. The Labute approximate surface area is 153 Å². The van der Waals surface area contributed by atoms with Crippen LogP contribution in [-0.4, -0.2) is 59.4 Å². The van der Waals surface area contributed by atoms with Crippen molar-refractivity contribution in [3.63, 3.8) is 0 Å². The molecule has 26 heavy (non-hydrogen) atoms. The third-order valence-electron chi connectivity index (χ3n) is 4.99. The molecule has 4 rings (SSSR count). The minimum absolute atomic E-state index is 0.184. The van der Waals surface area contributed by atoms with Crippen molar-refractivity contribution in [1.82, 2.24) is 14.9 Å². The maximum atomic E-state index is 10.4. The van der Waals surface area contributed by atoms with Crippen molar-refractivity contribution in [2.24, 2.45) is 5.92 Å². The highest BCUT2D eigenvalue weighted by molar-refractivity contribution is 5.64. The molecule has 6 heteroatoms. The van der Waals surface area contributed by atoms with Crippen LogP contribution in [0.4, 0.5) is 0 Å². The molecule has 2 aliphatic heterocycles. The summed E-state index contributed by atoms with van der Waals surface area (Å²) in [5.41, 5.74) is 3.18. The average molecular weight is 353 g/mol. The van der Waals surface area contributed by atoms with Crippen LogP contribution >= 0.6 is 0 Å². The first-order valence-electron chi connectivity index (χ1n) is 8.87. The molecule has 2 atom stereocenters. The number of aromatic nitrogens is 2. The summed E-state index contributed by atoms with van der Waals surface area (Å²) < 4.78 is 11.2. The third-order valence-corrected chi connectivity index (χ3v) is 4.99. The second-order valence-corrected chi connectivity index (χ2v) is 6.92. The molecule has 6 nitrogen and oxygen atoms in total. The van der Waals surface area contributed by atoms with Crippen LogP contribution in [0.15, 0.2) is 42.4 Å². The van der Waals surface area contributed by atoms with Crippen molar-refractivity contribution in [3.05, 3.63) is 53.6 Å². The van der Waals surface area contributed by atoms with E-state index in [2.05, 4.69) is 20.9 Å². The highest BCUT2D eigenvalue weighted by Crippen LogP contribution is 2.31. The molecule has 1 saturated heterocycles. The predicted octanol–water partition coefficient (Wildman–Crippen LogP) is 1.80. The van der Waals surface area contributed by atoms with Crippen LogP contribution in [0.25, 0.3) is 6.08 Å². The van der Waals surface area contributed by atoms with Crippen LogP contribution < -0.4 is 9.47 Å². The molecule has 1 fully saturated rings. The van der Waals surface area contributed by atoms with Crippen LogP contribution in [0.3, 0.4) is 0 Å². The summed E-state index contributed by atoms with van der Waals surface area (Å²) in [6.45, 7) is 2.90. The highest BCUT2D eigenvalue weighted by atomic mass is 16.5. The number of nitrogens with zero attached hydrogens (tertiary/aromatic N) is 3. The fourth-order valence-electron chi connectivity index (χ4n) is 3.68. The second kappa shape index (κ2) is 7.43. The van der Waals surface area contributed by atoms with E-state index in [1.807, 2.05) is 18.2 Å². The number of hydrogen-bond acceptors (Lipinski definition) is 6. The Morgan fingerprint density at radius 2 is 2.23 bits per heavy atom. The van der Waals surface area contributed by atoms with Crippen LogP contribution in [0.1, 0.15) is 11.3 Å². The van der Waals surface area contributed by atoms with Gasteiger partial charge in [0, 0.05) is 49.7 Å². The summed E-state index contributed by atoms with van der Waals surface area (Å²) in [5.74, 6) is 1.89. The molecule has 0 spiro atoms. The van der Waals surface area contributed by atoms with E-state index < -0.39 is 0 Å². The molecule has 1 aromatic carbocycles. The van der Waals surface area contributed by atoms with E-state index in [0.29, 0.717) is 13.2 Å². The number of likely N-dealkylation sites (tertiary alicyclic amines) is 1. The Morgan fingerprint density at radius 1 is 1.31 bits per heavy atom. The third kappa shape index (κ3) is 3.71. The predicted molar refractivity (Wildman–Crippen MR) is 98.1 cm³/mol. The fourth-order valence-corrected chi connectivity index (χ4v) is 3.68. The van der Waals surface area contributed by atoms with E-state index in [1.165, 1.54) is 5.57 Å². The molecule has 136 valence electrons. The van der Waals surface area contributed by atoms with Crippen molar-refractivity contribution in [2.75, 3.05) is 33.4 Å². The zero-order chi connectivity index (χ0) is 17.9. The molecule has 0 radical (unpaired) electrons. The lowest BCUT2D eigenvalue weighted by Crippen LogP contribution is -2.27. The van der Waals surface area contributed by atoms with Gasteiger partial charge < -0.3 is 14.6 Å². The Hall–Kier alpha value is -2.44. The summed E-state index contributed by atoms with van der Waals surface area (Å²) in [7, 11) is 1.67. The first kappa shape index (κ1) is 17.0. The molecule has 2 aliphatic rings. The van der Waals surface area contributed by atoms with Gasteiger partial charge in [-0.2, -0.15) is 0 Å². The number of benzene rings is 1. The van der Waals surface area contributed by atoms with E-state index in [0.717, 1.165) is 42.3 Å². The van der Waals surface area contributed by atoms with Crippen LogP contribution in [0, 0.1) is 5.92 Å². The van der Waals surface area contributed by atoms with E-state index >= 15 is 0 Å². The molecular weight excluding hydrogens is 330 g/mol. The quantitative estimate of drug-likeness (QED) is 0.884. The van der Waals surface area contributed by atoms with Crippen molar-refractivity contribution < 1.29 is 14.6 Å². The zero-order valence-corrected chi connectivity index (χ0v) is 14.8. The number of methoxy groups -OCH3 is 1. The Bertz CT molecular complexity index is 794. The maximum absolute atomic E-state index is 10.4. The molecule has 0 bridgehead atoms. The largest absolute Gasteiger partial charge is 0.497 e. The van der Waals surface area contributed by atoms with Gasteiger partial charge in [0.2, 0.25) is 0 Å². The average Bonchev–Trinajstić information content (AvgIpc) is 3.00. The van der Waals surface area contributed by atoms with Gasteiger partial charge in [-0.1, -0.05) is 0 Å². The van der Waals surface area contributed by atoms with E-state index in [4.69, 9.17) is 9.47 Å². The minimum Gasteiger partial charge on any atom is -0.497 e. The van der Waals surface area contributed by atoms with Gasteiger partial charge in [-0.3, -0.25) is 14.9 Å². The van der Waals surface area contributed by atoms with Crippen LogP contribution in [0.2, 0.25) is 0 Å². The Kier molecular flexibility index (Phi) is 4.86. The Balaban J connectivity index is 1.41. The number of β-amino-alcohol motifs (C(OH)–C–C–N with tert-alkyl or cyclic N) is 1. The zero-order valence-electron chi connectivity index (χ0n) is 14.8. The first-order valence-corrected chi connectivity index (χ1v) is 8.87. The number of rotatable bonds is 5. The summed E-state index contributed by atoms with van der Waals surface area (Å²) >= 11 is 0. The van der Waals surface area contributed by atoms with Gasteiger partial charge in [0.15, 0.2) is 0 Å². The topological polar surface area (TPSA) is 67.7 Å². The molecule has 1 aromatic heterocycles. The monoisotopic (exact) mass is 353 g/mol. The molecular formula is C20H23N3O3. The molecule has 3 heterocycles. The molecule has 1 N–H and O–H groups in total. The van der Waals surface area contributed by atoms with E-state index in [1.54, 1.807) is 25.7 Å². The van der Waals surface area contributed by atoms with Gasteiger partial charge in [-0.25, -0.2) is 0 Å². The van der Waals surface area contributed by atoms with Gasteiger partial charge >= 0.3 is 0 Å². The van der Waals surface area contributed by atoms with Crippen molar-refractivity contribution >= 4 is 6.08 Å². The maximum Gasteiger partial charge on any atom is 0.127 e. The van der Waals surface area contributed by atoms with Gasteiger partial charge in [-0.15, -0.1) is 0 Å². The SMILES string of the molecule is COc1ccc2c(c1)C=C(CN1C[C@@H](Cc3cnccn3)[C@H](O)C1)CO2. The van der Waals surface area contributed by atoms with Gasteiger partial charge in [0.1, 0.15) is 18.1 Å². The minimum atomic E-state index is -0.338. The van der Waals surface area contributed by atoms with E-state index in [-0.39, 0.29) is 12.0 Å². The van der Waals surface area contributed by atoms with Crippen molar-refractivity contribution in [3.8, 4) is 11.5 Å². The van der Waals surface area contributed by atoms with Gasteiger partial charge in [-0.05, 0) is 36.3 Å². The van der Waals surface area contributed by atoms with Crippen molar-refractivity contribution in [2.45, 2.75) is 12.5 Å². The lowest BCUT2D eigenvalue weighted by Gasteiger charge is -2.22. The number of aliphatic hydroxyl groups is 1. The number of fused-ring (bicyclic) bond motifs is 1. The summed E-state index contributed by atoms with van der Waals surface area (Å²) in [6.07, 6.45) is 7.73. The number of aliphatic hydroxyl groups excluding tert-OH is 1. The van der Waals surface area contributed by atoms with Gasteiger partial charge in [0.05, 0.1) is 18.9 Å². The number of ether oxygens (including phenoxy) is 2. The fraction of sp³-hybridized carbons (Fsp3) is 0.400. The Morgan fingerprint density at radius 3 is 3.04 bits per heavy atom. The summed E-state index contributed by atoms with van der Waals surface area (Å²) in [5, 5.41) is 10.4. The standard InChI is InChI=1S/C20H23N3O3/c1-25-18-2-3-20-15(8-18)6-14(13-26-20)10-23-11-16(19(24)12-23)7-17-9-21-4-5-22-17/h2-6,8-9,16,19,24H,7,10-13H2,1H3/t16-,19-/m1/s1. The summed E-state index contributed by atoms with van der Waals surface area (Å²) in [6, 6.07) is 5.84. The normalized spacial score (nSPS) is 22.5. The summed E-state index contributed by atoms with van der Waals surface area (Å²) in [4.78, 5) is 10.7. The molecule has 0 unspecified atom stereocenters. The molecule has 0 aliphatic carbocycles. The number of hydrogen-bond donors (Lipinski definition) is 1. The highest BCUT2D eigenvalue weighted by Gasteiger charge is 2.32. The van der Waals surface area contributed by atoms with E-state index in [9.17, 15) is 5.11 Å². The molecule has 2 aromatic rings.